The van der Waals surface area contributed by atoms with Crippen molar-refractivity contribution in [1.29, 1.82) is 0 Å². The minimum atomic E-state index is -0.993. The van der Waals surface area contributed by atoms with Crippen molar-refractivity contribution in [2.24, 2.45) is 5.41 Å². The van der Waals surface area contributed by atoms with Gasteiger partial charge in [-0.3, -0.25) is 0 Å². The van der Waals surface area contributed by atoms with E-state index < -0.39 is 5.60 Å². The molecule has 0 saturated heterocycles. The summed E-state index contributed by atoms with van der Waals surface area (Å²) in [6.07, 6.45) is 5.09. The van der Waals surface area contributed by atoms with E-state index in [2.05, 4.69) is 5.92 Å². The molecule has 0 radical (unpaired) electrons. The van der Waals surface area contributed by atoms with E-state index in [9.17, 15) is 5.11 Å². The molecule has 1 N–H and O–H groups in total. The van der Waals surface area contributed by atoms with Crippen LogP contribution in [0.4, 0.5) is 0 Å². The third kappa shape index (κ3) is 1.73. The van der Waals surface area contributed by atoms with E-state index in [1.54, 1.807) is 6.92 Å². The lowest BCUT2D eigenvalue weighted by atomic mass is 9.79. The Morgan fingerprint density at radius 1 is 1.22 bits per heavy atom. The number of hydrogen-bond donors (Lipinski definition) is 1. The molecule has 1 heteroatoms. The van der Waals surface area contributed by atoms with Crippen LogP contribution in [0.1, 0.15) is 27.7 Å². The number of aliphatic hydroxyl groups is 1. The molecule has 0 aliphatic heterocycles. The Morgan fingerprint density at radius 2 is 1.56 bits per heavy atom. The summed E-state index contributed by atoms with van der Waals surface area (Å²) in [7, 11) is 0. The van der Waals surface area contributed by atoms with Gasteiger partial charge in [0, 0.05) is 5.41 Å². The summed E-state index contributed by atoms with van der Waals surface area (Å²) in [5.41, 5.74) is -1.23. The molecule has 0 aromatic carbocycles. The molecule has 0 aliphatic carbocycles. The number of terminal acetylenes is 1. The molecule has 1 nitrogen and oxygen atoms in total. The summed E-state index contributed by atoms with van der Waals surface area (Å²) in [6, 6.07) is 0. The first kappa shape index (κ1) is 8.52. The smallest absolute Gasteiger partial charge is 0.127 e. The highest BCUT2D eigenvalue weighted by Gasteiger charge is 2.32. The van der Waals surface area contributed by atoms with E-state index >= 15 is 0 Å². The Labute approximate surface area is 57.1 Å². The molecule has 0 bridgehead atoms. The third-order valence-electron chi connectivity index (χ3n) is 1.74. The zero-order valence-corrected chi connectivity index (χ0v) is 6.52. The fourth-order valence-corrected chi connectivity index (χ4v) is 0.217. The van der Waals surface area contributed by atoms with Gasteiger partial charge in [0.15, 0.2) is 0 Å². The average molecular weight is 126 g/mol. The van der Waals surface area contributed by atoms with Crippen LogP contribution in [0.5, 0.6) is 0 Å². The molecule has 0 spiro atoms. The third-order valence-corrected chi connectivity index (χ3v) is 1.74. The van der Waals surface area contributed by atoms with E-state index in [-0.39, 0.29) is 5.41 Å². The monoisotopic (exact) mass is 126 g/mol. The van der Waals surface area contributed by atoms with Crippen molar-refractivity contribution in [2.45, 2.75) is 33.3 Å². The van der Waals surface area contributed by atoms with Crippen molar-refractivity contribution in [3.63, 3.8) is 0 Å². The Morgan fingerprint density at radius 3 is 1.56 bits per heavy atom. The molecule has 9 heavy (non-hydrogen) atoms. The van der Waals surface area contributed by atoms with Crippen LogP contribution in [0.15, 0.2) is 0 Å². The molecule has 0 heterocycles. The Hall–Kier alpha value is -0.480. The van der Waals surface area contributed by atoms with Crippen molar-refractivity contribution >= 4 is 0 Å². The molecule has 52 valence electrons. The highest BCUT2D eigenvalue weighted by atomic mass is 16.3. The van der Waals surface area contributed by atoms with Crippen molar-refractivity contribution in [2.75, 3.05) is 0 Å². The van der Waals surface area contributed by atoms with E-state index in [0.717, 1.165) is 0 Å². The van der Waals surface area contributed by atoms with E-state index in [0.29, 0.717) is 0 Å². The molecule has 0 aromatic heterocycles. The van der Waals surface area contributed by atoms with Gasteiger partial charge >= 0.3 is 0 Å². The summed E-state index contributed by atoms with van der Waals surface area (Å²) in [6.45, 7) is 7.37. The Kier molecular flexibility index (Phi) is 1.93. The summed E-state index contributed by atoms with van der Waals surface area (Å²) in [5, 5.41) is 9.42. The van der Waals surface area contributed by atoms with Crippen LogP contribution >= 0.6 is 0 Å². The highest BCUT2D eigenvalue weighted by Crippen LogP contribution is 2.28. The lowest BCUT2D eigenvalue weighted by Gasteiger charge is -2.31. The first-order valence-corrected chi connectivity index (χ1v) is 3.01. The molecular weight excluding hydrogens is 112 g/mol. The van der Waals surface area contributed by atoms with Gasteiger partial charge in [0.1, 0.15) is 5.60 Å². The van der Waals surface area contributed by atoms with Crippen LogP contribution in [-0.2, 0) is 0 Å². The van der Waals surface area contributed by atoms with Crippen LogP contribution in [0.3, 0.4) is 0 Å². The summed E-state index contributed by atoms with van der Waals surface area (Å²) >= 11 is 0. The number of hydrogen-bond acceptors (Lipinski definition) is 1. The van der Waals surface area contributed by atoms with E-state index in [4.69, 9.17) is 6.42 Å². The second-order valence-electron chi connectivity index (χ2n) is 3.47. The molecule has 0 aromatic rings. The fourth-order valence-electron chi connectivity index (χ4n) is 0.217. The predicted octanol–water partition coefficient (Wildman–Crippen LogP) is 1.42. The Bertz CT molecular complexity index is 132. The van der Waals surface area contributed by atoms with Crippen molar-refractivity contribution in [3.05, 3.63) is 0 Å². The average Bonchev–Trinajstić information content (AvgIpc) is 1.64. The minimum Gasteiger partial charge on any atom is -0.377 e. The Balaban J connectivity index is 4.39. The first-order chi connectivity index (χ1) is 3.81. The van der Waals surface area contributed by atoms with Crippen LogP contribution in [0.2, 0.25) is 0 Å². The topological polar surface area (TPSA) is 20.2 Å². The normalized spacial score (nSPS) is 18.2. The molecule has 0 unspecified atom stereocenters. The van der Waals surface area contributed by atoms with Gasteiger partial charge in [-0.25, -0.2) is 0 Å². The zero-order valence-electron chi connectivity index (χ0n) is 6.52. The SMILES string of the molecule is C#C[C@](C)(O)C(C)(C)C. The van der Waals surface area contributed by atoms with Crippen molar-refractivity contribution in [1.82, 2.24) is 0 Å². The largest absolute Gasteiger partial charge is 0.377 e. The lowest BCUT2D eigenvalue weighted by molar-refractivity contribution is 0.0130. The second-order valence-corrected chi connectivity index (χ2v) is 3.47. The molecule has 0 fully saturated rings. The van der Waals surface area contributed by atoms with Crippen LogP contribution in [-0.4, -0.2) is 10.7 Å². The molecule has 0 amide bonds. The minimum absolute atomic E-state index is 0.234. The van der Waals surface area contributed by atoms with Crippen molar-refractivity contribution < 1.29 is 5.11 Å². The highest BCUT2D eigenvalue weighted by molar-refractivity contribution is 5.10. The molecule has 0 aliphatic rings. The summed E-state index contributed by atoms with van der Waals surface area (Å²) in [5.74, 6) is 2.34. The van der Waals surface area contributed by atoms with Gasteiger partial charge in [-0.1, -0.05) is 26.7 Å². The lowest BCUT2D eigenvalue weighted by Crippen LogP contribution is -2.37. The molecule has 0 rings (SSSR count). The van der Waals surface area contributed by atoms with Crippen LogP contribution in [0, 0.1) is 17.8 Å². The maximum Gasteiger partial charge on any atom is 0.127 e. The molecule has 0 saturated carbocycles. The van der Waals surface area contributed by atoms with E-state index in [1.165, 1.54) is 0 Å². The fraction of sp³-hybridized carbons (Fsp3) is 0.750. The standard InChI is InChI=1S/C8H14O/c1-6-8(5,9)7(2,3)4/h1,9H,2-5H3/t8-/m0/s1. The van der Waals surface area contributed by atoms with Gasteiger partial charge in [-0.05, 0) is 6.92 Å². The van der Waals surface area contributed by atoms with Gasteiger partial charge in [-0.15, -0.1) is 6.42 Å². The van der Waals surface area contributed by atoms with Gasteiger partial charge < -0.3 is 5.11 Å². The number of rotatable bonds is 0. The van der Waals surface area contributed by atoms with E-state index in [1.807, 2.05) is 20.8 Å². The van der Waals surface area contributed by atoms with Crippen molar-refractivity contribution in [3.8, 4) is 12.3 Å². The molecule has 1 atom stereocenters. The van der Waals surface area contributed by atoms with Gasteiger partial charge in [-0.2, -0.15) is 0 Å². The van der Waals surface area contributed by atoms with Gasteiger partial charge in [0.2, 0.25) is 0 Å². The maximum absolute atomic E-state index is 9.42. The quantitative estimate of drug-likeness (QED) is 0.487. The summed E-state index contributed by atoms with van der Waals surface area (Å²) in [4.78, 5) is 0. The first-order valence-electron chi connectivity index (χ1n) is 3.01. The predicted molar refractivity (Wildman–Crippen MR) is 38.9 cm³/mol. The van der Waals surface area contributed by atoms with Gasteiger partial charge in [0.25, 0.3) is 0 Å². The maximum atomic E-state index is 9.42. The van der Waals surface area contributed by atoms with Crippen LogP contribution < -0.4 is 0 Å². The molecular formula is C8H14O. The van der Waals surface area contributed by atoms with Gasteiger partial charge in [0.05, 0.1) is 0 Å². The zero-order chi connectivity index (χ0) is 7.71. The van der Waals surface area contributed by atoms with Crippen LogP contribution in [0.25, 0.3) is 0 Å². The summed E-state index contributed by atoms with van der Waals surface area (Å²) < 4.78 is 0. The second kappa shape index (κ2) is 2.04.